The van der Waals surface area contributed by atoms with Gasteiger partial charge in [-0.2, -0.15) is 0 Å². The summed E-state index contributed by atoms with van der Waals surface area (Å²) in [4.78, 5) is 13.7. The molecule has 0 saturated carbocycles. The molecule has 0 amide bonds. The van der Waals surface area contributed by atoms with E-state index in [1.807, 2.05) is 42.7 Å². The van der Waals surface area contributed by atoms with Crippen LogP contribution in [0.4, 0.5) is 4.39 Å². The summed E-state index contributed by atoms with van der Waals surface area (Å²) in [5, 5.41) is 3.62. The fourth-order valence-electron chi connectivity index (χ4n) is 7.97. The molecule has 0 saturated heterocycles. The number of hydrogen-bond acceptors (Lipinski definition) is 4. The molecular formula is C58H60FIrN3OSi. The first-order valence-corrected chi connectivity index (χ1v) is 25.9. The number of aromatic nitrogens is 3. The maximum atomic E-state index is 13.3. The Kier molecular flexibility index (Phi) is 16.0. The van der Waals surface area contributed by atoms with Crippen LogP contribution in [-0.4, -0.2) is 23.0 Å². The Morgan fingerprint density at radius 3 is 1.77 bits per heavy atom. The third kappa shape index (κ3) is 12.5. The molecule has 65 heavy (non-hydrogen) atoms. The van der Waals surface area contributed by atoms with E-state index in [0.717, 1.165) is 68.6 Å². The quantitative estimate of drug-likeness (QED) is 0.142. The van der Waals surface area contributed by atoms with E-state index in [1.54, 1.807) is 12.1 Å². The van der Waals surface area contributed by atoms with Crippen molar-refractivity contribution in [1.82, 2.24) is 15.0 Å². The van der Waals surface area contributed by atoms with Crippen LogP contribution in [0.25, 0.3) is 66.8 Å². The minimum absolute atomic E-state index is 0. The first-order chi connectivity index (χ1) is 30.7. The fraction of sp³-hybridized carbons (Fsp3) is 0.224. The van der Waals surface area contributed by atoms with Gasteiger partial charge in [0.2, 0.25) is 0 Å². The number of pyridine rings is 3. The minimum Gasteiger partial charge on any atom is -0.455 e. The molecule has 0 atom stereocenters. The zero-order chi connectivity index (χ0) is 45.4. The molecule has 5 aromatic carbocycles. The summed E-state index contributed by atoms with van der Waals surface area (Å²) in [7, 11) is -1.33. The van der Waals surface area contributed by atoms with E-state index < -0.39 is 8.07 Å². The zero-order valence-electron chi connectivity index (χ0n) is 39.1. The van der Waals surface area contributed by atoms with Gasteiger partial charge in [-0.05, 0) is 118 Å². The third-order valence-electron chi connectivity index (χ3n) is 11.2. The molecule has 7 heteroatoms. The van der Waals surface area contributed by atoms with Gasteiger partial charge in [-0.1, -0.05) is 152 Å². The van der Waals surface area contributed by atoms with Crippen LogP contribution in [-0.2, 0) is 32.9 Å². The largest absolute Gasteiger partial charge is 0.455 e. The molecule has 0 aliphatic rings. The Bertz CT molecular complexity index is 2950. The van der Waals surface area contributed by atoms with Gasteiger partial charge < -0.3 is 4.42 Å². The Hall–Kier alpha value is -5.85. The van der Waals surface area contributed by atoms with E-state index in [-0.39, 0.29) is 31.3 Å². The minimum atomic E-state index is -1.33. The second kappa shape index (κ2) is 21.4. The SMILES string of the molecule is CC(C)(C)Cc1ccnc(-c2cccc3c2oc2cc(-c4ccc(F)cc4)ccc23)c1.CC(C)c1cc(-c2ccccc2)ncc1[Si](C)(C)C.CCc1ccnc(-c2ccccc2)c1.[Ir]. The Morgan fingerprint density at radius 2 is 1.17 bits per heavy atom. The van der Waals surface area contributed by atoms with Crippen molar-refractivity contribution in [3.63, 3.8) is 0 Å². The molecular weight excluding hydrogens is 994 g/mol. The number of nitrogens with zero attached hydrogens (tertiary/aromatic N) is 3. The molecule has 9 rings (SSSR count). The summed E-state index contributed by atoms with van der Waals surface area (Å²) < 4.78 is 19.6. The van der Waals surface area contributed by atoms with Crippen LogP contribution in [0.5, 0.6) is 0 Å². The fourth-order valence-corrected chi connectivity index (χ4v) is 9.65. The van der Waals surface area contributed by atoms with Gasteiger partial charge in [0, 0.05) is 66.2 Å². The van der Waals surface area contributed by atoms with Crippen molar-refractivity contribution in [2.75, 3.05) is 0 Å². The summed E-state index contributed by atoms with van der Waals surface area (Å²) in [6.07, 6.45) is 7.91. The summed E-state index contributed by atoms with van der Waals surface area (Å²) in [5.41, 5.74) is 14.3. The molecule has 0 aliphatic carbocycles. The van der Waals surface area contributed by atoms with Crippen molar-refractivity contribution in [1.29, 1.82) is 0 Å². The molecule has 0 spiro atoms. The molecule has 0 bridgehead atoms. The molecule has 9 aromatic rings. The van der Waals surface area contributed by atoms with Crippen molar-refractivity contribution in [2.45, 2.75) is 79.9 Å². The Morgan fingerprint density at radius 1 is 0.585 bits per heavy atom. The number of rotatable bonds is 8. The maximum Gasteiger partial charge on any atom is 0.144 e. The molecule has 0 unspecified atom stereocenters. The molecule has 0 N–H and O–H groups in total. The van der Waals surface area contributed by atoms with E-state index in [1.165, 1.54) is 45.1 Å². The molecule has 4 nitrogen and oxygen atoms in total. The predicted octanol–water partition coefficient (Wildman–Crippen LogP) is 15.8. The standard InChI is InChI=1S/C28H24FNO.C17H23NSi.C13H13N.Ir/c1-28(2,3)17-18-13-14-30-25(15-18)24-6-4-5-23-22-12-9-20(16-26(22)31-27(23)24)19-7-10-21(29)11-8-19;1-13(2)15-11-16(14-9-7-6-8-10-14)18-12-17(15)19(3,4)5;1-2-11-8-9-14-13(10-11)12-6-4-3-5-7-12;/h4-16H,17H2,1-3H3;6-13H,1-5H3;3-10H,2H2,1H3;. The van der Waals surface area contributed by atoms with Gasteiger partial charge in [-0.15, -0.1) is 0 Å². The summed E-state index contributed by atoms with van der Waals surface area (Å²) in [6, 6.07) is 50.3. The van der Waals surface area contributed by atoms with E-state index in [4.69, 9.17) is 9.40 Å². The summed E-state index contributed by atoms with van der Waals surface area (Å²) >= 11 is 0. The number of para-hydroxylation sites is 1. The van der Waals surface area contributed by atoms with Crippen LogP contribution in [0.2, 0.25) is 19.6 Å². The van der Waals surface area contributed by atoms with Crippen molar-refractivity contribution in [3.05, 3.63) is 193 Å². The van der Waals surface area contributed by atoms with Crippen LogP contribution < -0.4 is 5.19 Å². The average molecular weight is 1050 g/mol. The molecule has 0 aliphatic heterocycles. The van der Waals surface area contributed by atoms with Gasteiger partial charge >= 0.3 is 0 Å². The van der Waals surface area contributed by atoms with Gasteiger partial charge in [0.05, 0.1) is 25.2 Å². The third-order valence-corrected chi connectivity index (χ3v) is 13.3. The first-order valence-electron chi connectivity index (χ1n) is 22.4. The summed E-state index contributed by atoms with van der Waals surface area (Å²) in [5.74, 6) is 0.312. The molecule has 333 valence electrons. The topological polar surface area (TPSA) is 51.8 Å². The van der Waals surface area contributed by atoms with Crippen LogP contribution in [0.3, 0.4) is 0 Å². The zero-order valence-corrected chi connectivity index (χ0v) is 42.5. The number of furan rings is 1. The van der Waals surface area contributed by atoms with Gasteiger partial charge in [-0.3, -0.25) is 15.0 Å². The van der Waals surface area contributed by atoms with Gasteiger partial charge in [0.25, 0.3) is 0 Å². The van der Waals surface area contributed by atoms with Gasteiger partial charge in [0.1, 0.15) is 17.0 Å². The molecule has 1 radical (unpaired) electrons. The predicted molar refractivity (Wildman–Crippen MR) is 271 cm³/mol. The van der Waals surface area contributed by atoms with E-state index >= 15 is 0 Å². The monoisotopic (exact) mass is 1050 g/mol. The molecule has 0 fully saturated rings. The number of fused-ring (bicyclic) bond motifs is 3. The van der Waals surface area contributed by atoms with Crippen molar-refractivity contribution in [3.8, 4) is 44.9 Å². The Labute approximate surface area is 399 Å². The van der Waals surface area contributed by atoms with Crippen molar-refractivity contribution < 1.29 is 28.9 Å². The second-order valence-electron chi connectivity index (χ2n) is 19.0. The van der Waals surface area contributed by atoms with Crippen LogP contribution >= 0.6 is 0 Å². The number of aryl methyl sites for hydroxylation is 1. The molecule has 4 heterocycles. The second-order valence-corrected chi connectivity index (χ2v) is 24.0. The van der Waals surface area contributed by atoms with E-state index in [2.05, 4.69) is 174 Å². The van der Waals surface area contributed by atoms with Gasteiger partial charge in [-0.25, -0.2) is 4.39 Å². The number of benzene rings is 5. The Balaban J connectivity index is 0.000000176. The van der Waals surface area contributed by atoms with E-state index in [9.17, 15) is 4.39 Å². The average Bonchev–Trinajstić information content (AvgIpc) is 3.68. The number of hydrogen-bond donors (Lipinski definition) is 0. The molecule has 4 aromatic heterocycles. The van der Waals surface area contributed by atoms with Gasteiger partial charge in [0.15, 0.2) is 0 Å². The first kappa shape index (κ1) is 48.6. The number of halogens is 1. The normalized spacial score (nSPS) is 11.4. The van der Waals surface area contributed by atoms with Crippen LogP contribution in [0.1, 0.15) is 64.2 Å². The smallest absolute Gasteiger partial charge is 0.144 e. The van der Waals surface area contributed by atoms with Crippen molar-refractivity contribution in [2.24, 2.45) is 5.41 Å². The maximum absolute atomic E-state index is 13.3. The van der Waals surface area contributed by atoms with Crippen LogP contribution in [0, 0.1) is 11.2 Å². The van der Waals surface area contributed by atoms with Crippen molar-refractivity contribution >= 4 is 35.2 Å². The van der Waals surface area contributed by atoms with Crippen LogP contribution in [0.15, 0.2) is 175 Å². The summed E-state index contributed by atoms with van der Waals surface area (Å²) in [6.45, 7) is 20.6. The van der Waals surface area contributed by atoms with E-state index in [0.29, 0.717) is 5.92 Å².